The van der Waals surface area contributed by atoms with Crippen molar-refractivity contribution in [2.45, 2.75) is 12.6 Å². The average Bonchev–Trinajstić information content (AvgIpc) is 2.62. The largest absolute Gasteiger partial charge is 0.496 e. The second kappa shape index (κ2) is 9.04. The van der Waals surface area contributed by atoms with Crippen molar-refractivity contribution in [2.75, 3.05) is 26.8 Å². The summed E-state index contributed by atoms with van der Waals surface area (Å²) < 4.78 is 5.36. The molecule has 5 heteroatoms. The summed E-state index contributed by atoms with van der Waals surface area (Å²) in [6.07, 6.45) is -0.695. The number of hydrogen-bond acceptors (Lipinski definition) is 5. The Morgan fingerprint density at radius 2 is 1.88 bits per heavy atom. The number of ether oxygens (including phenoxy) is 1. The maximum absolute atomic E-state index is 10.4. The third-order valence-electron chi connectivity index (χ3n) is 3.86. The topological polar surface area (TPSA) is 76.7 Å². The van der Waals surface area contributed by atoms with Gasteiger partial charge in [0.15, 0.2) is 0 Å². The minimum Gasteiger partial charge on any atom is -0.496 e. The predicted octanol–water partition coefficient (Wildman–Crippen LogP) is 2.09. The molecule has 0 amide bonds. The molecule has 126 valence electrons. The fourth-order valence-electron chi connectivity index (χ4n) is 2.58. The molecule has 0 bridgehead atoms. The third-order valence-corrected chi connectivity index (χ3v) is 3.86. The van der Waals surface area contributed by atoms with Crippen LogP contribution in [0.4, 0.5) is 0 Å². The highest BCUT2D eigenvalue weighted by atomic mass is 16.5. The zero-order valence-electron chi connectivity index (χ0n) is 13.7. The second-order valence-corrected chi connectivity index (χ2v) is 5.52. The zero-order valence-corrected chi connectivity index (χ0v) is 13.7. The van der Waals surface area contributed by atoms with E-state index in [1.807, 2.05) is 29.2 Å². The number of rotatable bonds is 8. The molecule has 2 aromatic carbocycles. The van der Waals surface area contributed by atoms with Crippen molar-refractivity contribution in [1.29, 1.82) is 5.26 Å². The van der Waals surface area contributed by atoms with Gasteiger partial charge in [-0.3, -0.25) is 4.90 Å². The summed E-state index contributed by atoms with van der Waals surface area (Å²) in [5.41, 5.74) is 2.31. The first-order valence-electron chi connectivity index (χ1n) is 7.81. The van der Waals surface area contributed by atoms with Crippen LogP contribution in [0.1, 0.15) is 22.8 Å². The van der Waals surface area contributed by atoms with Crippen molar-refractivity contribution < 1.29 is 14.9 Å². The summed E-state index contributed by atoms with van der Waals surface area (Å²) in [5.74, 6) is 0.785. The van der Waals surface area contributed by atoms with Gasteiger partial charge in [0.2, 0.25) is 0 Å². The maximum Gasteiger partial charge on any atom is 0.123 e. The van der Waals surface area contributed by atoms with Crippen LogP contribution in [0.2, 0.25) is 0 Å². The van der Waals surface area contributed by atoms with Crippen LogP contribution in [0.25, 0.3) is 0 Å². The van der Waals surface area contributed by atoms with Gasteiger partial charge in [0.05, 0.1) is 31.5 Å². The van der Waals surface area contributed by atoms with Gasteiger partial charge in [0, 0.05) is 25.2 Å². The van der Waals surface area contributed by atoms with E-state index in [1.165, 1.54) is 0 Å². The standard InChI is InChI=1S/C19H22N2O3/c1-24-19-5-3-2-4-17(19)13-21(10-11-22)14-18(23)16-8-6-15(12-20)7-9-16/h2-9,18,22-23H,10-11,13-14H2,1H3. The highest BCUT2D eigenvalue weighted by Gasteiger charge is 2.15. The number of aliphatic hydroxyl groups excluding tert-OH is 2. The SMILES string of the molecule is COc1ccccc1CN(CCO)CC(O)c1ccc(C#N)cc1. The van der Waals surface area contributed by atoms with Crippen molar-refractivity contribution in [2.24, 2.45) is 0 Å². The fourth-order valence-corrected chi connectivity index (χ4v) is 2.58. The van der Waals surface area contributed by atoms with Gasteiger partial charge < -0.3 is 14.9 Å². The van der Waals surface area contributed by atoms with Crippen molar-refractivity contribution in [1.82, 2.24) is 4.90 Å². The molecule has 0 aliphatic rings. The van der Waals surface area contributed by atoms with Crippen molar-refractivity contribution >= 4 is 0 Å². The molecule has 2 rings (SSSR count). The van der Waals surface area contributed by atoms with Crippen molar-refractivity contribution in [3.63, 3.8) is 0 Å². The Bertz CT molecular complexity index is 680. The zero-order chi connectivity index (χ0) is 17.4. The van der Waals surface area contributed by atoms with E-state index < -0.39 is 6.10 Å². The summed E-state index contributed by atoms with van der Waals surface area (Å²) in [4.78, 5) is 1.97. The molecule has 0 saturated heterocycles. The summed E-state index contributed by atoms with van der Waals surface area (Å²) in [6.45, 7) is 1.41. The Morgan fingerprint density at radius 1 is 1.17 bits per heavy atom. The normalized spacial score (nSPS) is 12.0. The summed E-state index contributed by atoms with van der Waals surface area (Å²) in [6, 6.07) is 16.7. The monoisotopic (exact) mass is 326 g/mol. The first-order chi connectivity index (χ1) is 11.7. The molecule has 0 spiro atoms. The first-order valence-corrected chi connectivity index (χ1v) is 7.81. The number of methoxy groups -OCH3 is 1. The molecule has 24 heavy (non-hydrogen) atoms. The van der Waals surface area contributed by atoms with Gasteiger partial charge in [-0.15, -0.1) is 0 Å². The van der Waals surface area contributed by atoms with Crippen LogP contribution in [-0.2, 0) is 6.54 Å². The molecule has 0 heterocycles. The van der Waals surface area contributed by atoms with Crippen molar-refractivity contribution in [3.05, 3.63) is 65.2 Å². The predicted molar refractivity (Wildman–Crippen MR) is 91.5 cm³/mol. The van der Waals surface area contributed by atoms with Crippen LogP contribution in [0.5, 0.6) is 5.75 Å². The van der Waals surface area contributed by atoms with Crippen LogP contribution in [0, 0.1) is 11.3 Å². The van der Waals surface area contributed by atoms with E-state index in [0.717, 1.165) is 16.9 Å². The smallest absolute Gasteiger partial charge is 0.123 e. The fraction of sp³-hybridized carbons (Fsp3) is 0.316. The first kappa shape index (κ1) is 18.0. The van der Waals surface area contributed by atoms with E-state index in [0.29, 0.717) is 25.2 Å². The third kappa shape index (κ3) is 4.80. The minimum atomic E-state index is -0.695. The lowest BCUT2D eigenvalue weighted by Gasteiger charge is -2.25. The van der Waals surface area contributed by atoms with Crippen molar-refractivity contribution in [3.8, 4) is 11.8 Å². The van der Waals surface area contributed by atoms with Gasteiger partial charge in [-0.1, -0.05) is 30.3 Å². The molecule has 1 unspecified atom stereocenters. The lowest BCUT2D eigenvalue weighted by Crippen LogP contribution is -2.31. The Hall–Kier alpha value is -2.39. The van der Waals surface area contributed by atoms with Crippen LogP contribution in [-0.4, -0.2) is 41.9 Å². The molecule has 0 saturated carbocycles. The summed E-state index contributed by atoms with van der Waals surface area (Å²) in [5, 5.41) is 28.6. The number of nitrogens with zero attached hydrogens (tertiary/aromatic N) is 2. The average molecular weight is 326 g/mol. The Balaban J connectivity index is 2.08. The van der Waals surface area contributed by atoms with Crippen LogP contribution in [0.15, 0.2) is 48.5 Å². The molecule has 0 fully saturated rings. The lowest BCUT2D eigenvalue weighted by atomic mass is 10.1. The van der Waals surface area contributed by atoms with Gasteiger partial charge >= 0.3 is 0 Å². The van der Waals surface area contributed by atoms with Gasteiger partial charge in [0.1, 0.15) is 5.75 Å². The minimum absolute atomic E-state index is 0.00917. The van der Waals surface area contributed by atoms with Crippen LogP contribution < -0.4 is 4.74 Å². The molecule has 0 radical (unpaired) electrons. The number of hydrogen-bond donors (Lipinski definition) is 2. The maximum atomic E-state index is 10.4. The Morgan fingerprint density at radius 3 is 2.50 bits per heavy atom. The Kier molecular flexibility index (Phi) is 6.76. The lowest BCUT2D eigenvalue weighted by molar-refractivity contribution is 0.0951. The summed E-state index contributed by atoms with van der Waals surface area (Å²) in [7, 11) is 1.63. The van der Waals surface area contributed by atoms with E-state index in [4.69, 9.17) is 10.00 Å². The molecule has 0 aliphatic carbocycles. The second-order valence-electron chi connectivity index (χ2n) is 5.52. The summed E-state index contributed by atoms with van der Waals surface area (Å²) >= 11 is 0. The van der Waals surface area contributed by atoms with Crippen LogP contribution in [0.3, 0.4) is 0 Å². The quantitative estimate of drug-likeness (QED) is 0.777. The molecule has 0 aromatic heterocycles. The number of para-hydroxylation sites is 1. The van der Waals surface area contributed by atoms with E-state index >= 15 is 0 Å². The Labute approximate surface area is 142 Å². The number of benzene rings is 2. The van der Waals surface area contributed by atoms with E-state index in [1.54, 1.807) is 31.4 Å². The van der Waals surface area contributed by atoms with E-state index in [2.05, 4.69) is 6.07 Å². The molecule has 0 aliphatic heterocycles. The van der Waals surface area contributed by atoms with Crippen LogP contribution >= 0.6 is 0 Å². The van der Waals surface area contributed by atoms with Gasteiger partial charge in [-0.05, 0) is 23.8 Å². The van der Waals surface area contributed by atoms with Gasteiger partial charge in [-0.2, -0.15) is 5.26 Å². The van der Waals surface area contributed by atoms with Gasteiger partial charge in [0.25, 0.3) is 0 Å². The molecule has 2 N–H and O–H groups in total. The molecular formula is C19H22N2O3. The number of nitriles is 1. The molecule has 1 atom stereocenters. The van der Waals surface area contributed by atoms with E-state index in [9.17, 15) is 10.2 Å². The highest BCUT2D eigenvalue weighted by Crippen LogP contribution is 2.21. The highest BCUT2D eigenvalue weighted by molar-refractivity contribution is 5.34. The van der Waals surface area contributed by atoms with Gasteiger partial charge in [-0.25, -0.2) is 0 Å². The molecule has 5 nitrogen and oxygen atoms in total. The number of aliphatic hydroxyl groups is 2. The molecule has 2 aromatic rings. The van der Waals surface area contributed by atoms with E-state index in [-0.39, 0.29) is 6.61 Å². The molecular weight excluding hydrogens is 304 g/mol.